The zero-order valence-electron chi connectivity index (χ0n) is 13.0. The SMILES string of the molecule is CC(C(=O)NCC1CCN(c2ccncc2)CC1)S(C)(=O)=O. The molecule has 1 aromatic rings. The molecule has 0 aliphatic carbocycles. The predicted molar refractivity (Wildman–Crippen MR) is 86.5 cm³/mol. The van der Waals surface area contributed by atoms with Crippen LogP contribution in [0.3, 0.4) is 0 Å². The van der Waals surface area contributed by atoms with Gasteiger partial charge in [-0.15, -0.1) is 0 Å². The molecule has 2 rings (SSSR count). The maximum Gasteiger partial charge on any atom is 0.238 e. The molecule has 7 heteroatoms. The lowest BCUT2D eigenvalue weighted by Crippen LogP contribution is -2.42. The van der Waals surface area contributed by atoms with Crippen molar-refractivity contribution >= 4 is 21.4 Å². The van der Waals surface area contributed by atoms with Crippen LogP contribution in [-0.4, -0.2) is 50.4 Å². The smallest absolute Gasteiger partial charge is 0.238 e. The van der Waals surface area contributed by atoms with Gasteiger partial charge >= 0.3 is 0 Å². The molecule has 1 aliphatic rings. The highest BCUT2D eigenvalue weighted by atomic mass is 32.2. The maximum atomic E-state index is 11.8. The number of pyridine rings is 1. The van der Waals surface area contributed by atoms with Crippen molar-refractivity contribution in [3.05, 3.63) is 24.5 Å². The average Bonchev–Trinajstić information content (AvgIpc) is 2.52. The number of rotatable bonds is 5. The number of nitrogens with zero attached hydrogens (tertiary/aromatic N) is 2. The lowest BCUT2D eigenvalue weighted by atomic mass is 9.96. The molecule has 1 aliphatic heterocycles. The number of carbonyl (C=O) groups is 1. The van der Waals surface area contributed by atoms with Gasteiger partial charge in [0.25, 0.3) is 0 Å². The van der Waals surface area contributed by atoms with Crippen LogP contribution in [0.15, 0.2) is 24.5 Å². The van der Waals surface area contributed by atoms with Gasteiger partial charge in [-0.25, -0.2) is 8.42 Å². The normalized spacial score (nSPS) is 18.0. The van der Waals surface area contributed by atoms with Crippen LogP contribution in [0, 0.1) is 5.92 Å². The number of carbonyl (C=O) groups excluding carboxylic acids is 1. The number of amides is 1. The molecule has 1 N–H and O–H groups in total. The molecular formula is C15H23N3O3S. The van der Waals surface area contributed by atoms with Crippen molar-refractivity contribution in [1.82, 2.24) is 10.3 Å². The van der Waals surface area contributed by atoms with Gasteiger partial charge in [-0.2, -0.15) is 0 Å². The van der Waals surface area contributed by atoms with Gasteiger partial charge in [0.05, 0.1) is 0 Å². The molecule has 1 aromatic heterocycles. The first-order chi connectivity index (χ1) is 10.4. The van der Waals surface area contributed by atoms with Gasteiger partial charge in [0.1, 0.15) is 5.25 Å². The van der Waals surface area contributed by atoms with Crippen LogP contribution < -0.4 is 10.2 Å². The largest absolute Gasteiger partial charge is 0.371 e. The first-order valence-electron chi connectivity index (χ1n) is 7.49. The van der Waals surface area contributed by atoms with E-state index in [-0.39, 0.29) is 0 Å². The zero-order valence-corrected chi connectivity index (χ0v) is 13.8. The first-order valence-corrected chi connectivity index (χ1v) is 9.45. The molecule has 1 amide bonds. The standard InChI is InChI=1S/C15H23N3O3S/c1-12(22(2,20)21)15(19)17-11-13-5-9-18(10-6-13)14-3-7-16-8-4-14/h3-4,7-8,12-13H,5-6,9-11H2,1-2H3,(H,17,19). The van der Waals surface area contributed by atoms with Crippen LogP contribution in [0.4, 0.5) is 5.69 Å². The molecule has 0 radical (unpaired) electrons. The minimum atomic E-state index is -3.33. The Morgan fingerprint density at radius 3 is 2.50 bits per heavy atom. The van der Waals surface area contributed by atoms with E-state index in [9.17, 15) is 13.2 Å². The molecule has 6 nitrogen and oxygen atoms in total. The van der Waals surface area contributed by atoms with E-state index in [0.29, 0.717) is 12.5 Å². The number of aromatic nitrogens is 1. The number of anilines is 1. The summed E-state index contributed by atoms with van der Waals surface area (Å²) in [6, 6.07) is 3.99. The van der Waals surface area contributed by atoms with E-state index >= 15 is 0 Å². The van der Waals surface area contributed by atoms with Crippen molar-refractivity contribution in [2.75, 3.05) is 30.8 Å². The second-order valence-electron chi connectivity index (χ2n) is 5.85. The minimum Gasteiger partial charge on any atom is -0.371 e. The minimum absolute atomic E-state index is 0.397. The first kappa shape index (κ1) is 16.7. The fourth-order valence-corrected chi connectivity index (χ4v) is 3.01. The maximum absolute atomic E-state index is 11.8. The van der Waals surface area contributed by atoms with Crippen LogP contribution in [-0.2, 0) is 14.6 Å². The highest BCUT2D eigenvalue weighted by Gasteiger charge is 2.25. The van der Waals surface area contributed by atoms with Crippen molar-refractivity contribution in [3.63, 3.8) is 0 Å². The Morgan fingerprint density at radius 1 is 1.36 bits per heavy atom. The molecule has 1 unspecified atom stereocenters. The molecule has 22 heavy (non-hydrogen) atoms. The summed E-state index contributed by atoms with van der Waals surface area (Å²) in [6.45, 7) is 3.85. The van der Waals surface area contributed by atoms with E-state index in [1.54, 1.807) is 12.4 Å². The third-order valence-corrected chi connectivity index (χ3v) is 5.72. The van der Waals surface area contributed by atoms with Crippen molar-refractivity contribution in [2.24, 2.45) is 5.92 Å². The molecule has 0 saturated carbocycles. The Labute approximate surface area is 131 Å². The third-order valence-electron chi connectivity index (χ3n) is 4.22. The fourth-order valence-electron chi connectivity index (χ4n) is 2.53. The van der Waals surface area contributed by atoms with Gasteiger partial charge in [-0.3, -0.25) is 9.78 Å². The molecule has 122 valence electrons. The summed E-state index contributed by atoms with van der Waals surface area (Å²) < 4.78 is 22.7. The van der Waals surface area contributed by atoms with Crippen molar-refractivity contribution in [1.29, 1.82) is 0 Å². The molecule has 0 spiro atoms. The molecule has 2 heterocycles. The zero-order chi connectivity index (χ0) is 16.2. The summed E-state index contributed by atoms with van der Waals surface area (Å²) in [6.07, 6.45) is 6.62. The number of sulfone groups is 1. The predicted octanol–water partition coefficient (Wildman–Crippen LogP) is 0.847. The summed E-state index contributed by atoms with van der Waals surface area (Å²) in [7, 11) is -3.33. The van der Waals surface area contributed by atoms with Gasteiger partial charge in [0, 0.05) is 44.0 Å². The summed E-state index contributed by atoms with van der Waals surface area (Å²) in [4.78, 5) is 18.1. The van der Waals surface area contributed by atoms with E-state index in [0.717, 1.165) is 32.2 Å². The Bertz CT molecular complexity index is 596. The van der Waals surface area contributed by atoms with Crippen LogP contribution in [0.5, 0.6) is 0 Å². The van der Waals surface area contributed by atoms with Gasteiger partial charge in [-0.05, 0) is 37.8 Å². The van der Waals surface area contributed by atoms with Crippen molar-refractivity contribution < 1.29 is 13.2 Å². The molecular weight excluding hydrogens is 302 g/mol. The van der Waals surface area contributed by atoms with Crippen LogP contribution >= 0.6 is 0 Å². The molecule has 1 fully saturated rings. The topological polar surface area (TPSA) is 79.4 Å². The Kier molecular flexibility index (Phi) is 5.39. The molecule has 0 bridgehead atoms. The summed E-state index contributed by atoms with van der Waals surface area (Å²) in [5.74, 6) is -0.00661. The highest BCUT2D eigenvalue weighted by molar-refractivity contribution is 7.92. The quantitative estimate of drug-likeness (QED) is 0.868. The van der Waals surface area contributed by atoms with Gasteiger partial charge in [0.2, 0.25) is 5.91 Å². The van der Waals surface area contributed by atoms with Crippen LogP contribution in [0.1, 0.15) is 19.8 Å². The molecule has 1 atom stereocenters. The van der Waals surface area contributed by atoms with E-state index in [1.807, 2.05) is 12.1 Å². The van der Waals surface area contributed by atoms with E-state index in [4.69, 9.17) is 0 Å². The average molecular weight is 325 g/mol. The molecule has 0 aromatic carbocycles. The van der Waals surface area contributed by atoms with Crippen LogP contribution in [0.2, 0.25) is 0 Å². The summed E-state index contributed by atoms with van der Waals surface area (Å²) >= 11 is 0. The van der Waals surface area contributed by atoms with Gasteiger partial charge < -0.3 is 10.2 Å². The van der Waals surface area contributed by atoms with E-state index in [2.05, 4.69) is 15.2 Å². The third kappa shape index (κ3) is 4.43. The van der Waals surface area contributed by atoms with Gasteiger partial charge in [0.15, 0.2) is 9.84 Å². The highest BCUT2D eigenvalue weighted by Crippen LogP contribution is 2.22. The summed E-state index contributed by atoms with van der Waals surface area (Å²) in [5.41, 5.74) is 1.17. The van der Waals surface area contributed by atoms with E-state index < -0.39 is 21.0 Å². The Morgan fingerprint density at radius 2 is 1.95 bits per heavy atom. The van der Waals surface area contributed by atoms with Crippen molar-refractivity contribution in [3.8, 4) is 0 Å². The second kappa shape index (κ2) is 7.09. The Balaban J connectivity index is 1.77. The van der Waals surface area contributed by atoms with Crippen molar-refractivity contribution in [2.45, 2.75) is 25.0 Å². The number of hydrogen-bond donors (Lipinski definition) is 1. The second-order valence-corrected chi connectivity index (χ2v) is 8.22. The monoisotopic (exact) mass is 325 g/mol. The lowest BCUT2D eigenvalue weighted by Gasteiger charge is -2.33. The number of hydrogen-bond acceptors (Lipinski definition) is 5. The van der Waals surface area contributed by atoms with E-state index in [1.165, 1.54) is 12.6 Å². The summed E-state index contributed by atoms with van der Waals surface area (Å²) in [5, 5.41) is 1.78. The Hall–Kier alpha value is -1.63. The molecule has 1 saturated heterocycles. The lowest BCUT2D eigenvalue weighted by molar-refractivity contribution is -0.120. The van der Waals surface area contributed by atoms with Gasteiger partial charge in [-0.1, -0.05) is 0 Å². The number of piperidine rings is 1. The van der Waals surface area contributed by atoms with Crippen LogP contribution in [0.25, 0.3) is 0 Å². The number of nitrogens with one attached hydrogen (secondary N) is 1. The fraction of sp³-hybridized carbons (Fsp3) is 0.600.